The Morgan fingerprint density at radius 1 is 0.543 bits per heavy atom. The van der Waals surface area contributed by atoms with Gasteiger partial charge in [-0.15, -0.1) is 0 Å². The maximum absolute atomic E-state index is 12.8. The number of carbonyl (C=O) groups is 1. The maximum atomic E-state index is 12.8. The van der Waals surface area contributed by atoms with Crippen LogP contribution >= 0.6 is 47.8 Å². The number of aliphatic hydroxyl groups excluding tert-OH is 1. The quantitative estimate of drug-likeness (QED) is 0.0114. The predicted molar refractivity (Wildman–Crippen MR) is 494 cm³/mol. The summed E-state index contributed by atoms with van der Waals surface area (Å²) < 4.78 is 72.6. The van der Waals surface area contributed by atoms with Crippen molar-refractivity contribution < 1.29 is 161 Å². The van der Waals surface area contributed by atoms with Gasteiger partial charge in [-0.1, -0.05) is 206 Å². The standard InChI is InChI=1S/C25H26N4O2.C18H22N4O2.C16H17BrN4O2.C15H18BF3O2.C10H13BrO.C6H5BrN4O.CH2O3.2K.H/c1-16-10-12-21(13-11-16)18(3)22-23-24(25(30)27-19(4)26-23)29(28-22)17(2)14-31-15-20-8-6-5-7-9-20;1-10-5-7-14(8-6-10)12(3)15-16-17(18(24)20-13(4)19-16)22(21-15)11(2)9-23;1-10(8-23-9-12-6-4-3-5-7-12)21-14-13(15(17)20-21)18-11(2)19-16(14)22;1-10(16-20-13(2,3)14(4,5)21-16)11-6-8-12(9-7-11)15(17,18)19;1-9(11)7-12-8-10-5-3-2-4-6-10;1-2-8-3-4(6(12)9-2)10-11-5(3)7;2-1-4-3;;;/h5-13,17H,3,14-15H2,1-2,4H3,(H,26,27,30);5-8,11-12,23H,9H2,1-4H3,(H,19,20,24);3-7,10H,8-9H2,1-2H3,(H,18,19,22);6-9H,1H2,2-5H3;2-6,9H,7-8H2,1H3;1H3,(H,10,11)(H,8,9,12);1,3H;;;/q;;;;;;;2*+1;-1/p-1/t17-;11-,12?;10-;;9-;;;;;/m111.0...../s1. The summed E-state index contributed by atoms with van der Waals surface area (Å²) in [5.41, 5.74) is 12.4. The van der Waals surface area contributed by atoms with Crippen molar-refractivity contribution in [3.63, 3.8) is 0 Å². The summed E-state index contributed by atoms with van der Waals surface area (Å²) in [6.45, 7) is 39.8. The van der Waals surface area contributed by atoms with Crippen molar-refractivity contribution in [1.82, 2.24) is 79.4 Å². The number of benzene rings is 6. The first-order chi connectivity index (χ1) is 60.2. The Bertz CT molecular complexity index is 6280. The number of H-pyrrole nitrogens is 5. The number of hydrogen-bond acceptors (Lipinski definition) is 21. The fraction of sp³-hybridized carbons (Fsp3) is 0.330. The molecule has 129 heavy (non-hydrogen) atoms. The molecule has 38 heteroatoms. The van der Waals surface area contributed by atoms with E-state index in [2.05, 4.69) is 176 Å². The van der Waals surface area contributed by atoms with Crippen LogP contribution in [0.25, 0.3) is 55.2 Å². The number of alkyl halides is 4. The van der Waals surface area contributed by atoms with Crippen molar-refractivity contribution in [2.24, 2.45) is 0 Å². The number of nitrogens with one attached hydrogen (secondary N) is 5. The van der Waals surface area contributed by atoms with Gasteiger partial charge in [0.05, 0.1) is 86.8 Å². The van der Waals surface area contributed by atoms with Gasteiger partial charge in [0.1, 0.15) is 55.7 Å². The molecule has 1 unspecified atom stereocenters. The van der Waals surface area contributed by atoms with Gasteiger partial charge in [0.2, 0.25) is 0 Å². The van der Waals surface area contributed by atoms with E-state index in [0.29, 0.717) is 131 Å². The number of hydrogen-bond donors (Lipinski definition) is 6. The van der Waals surface area contributed by atoms with Crippen molar-refractivity contribution in [2.45, 2.75) is 170 Å². The normalized spacial score (nSPS) is 13.5. The van der Waals surface area contributed by atoms with E-state index >= 15 is 0 Å². The molecule has 14 aromatic rings. The molecule has 15 rings (SSSR count). The fourth-order valence-electron chi connectivity index (χ4n) is 12.8. The number of halogens is 6. The Kier molecular flexibility index (Phi) is 42.0. The van der Waals surface area contributed by atoms with Gasteiger partial charge >= 0.3 is 116 Å². The summed E-state index contributed by atoms with van der Waals surface area (Å²) >= 11 is 10.00. The zero-order valence-corrected chi connectivity index (χ0v) is 86.0. The molecule has 0 saturated carbocycles. The molecule has 5 atom stereocenters. The van der Waals surface area contributed by atoms with Crippen LogP contribution in [-0.4, -0.2) is 141 Å². The topological polar surface area (TPSA) is 381 Å². The third kappa shape index (κ3) is 29.7. The van der Waals surface area contributed by atoms with Crippen LogP contribution in [0.1, 0.15) is 173 Å². The van der Waals surface area contributed by atoms with Crippen LogP contribution in [-0.2, 0) is 59.2 Å². The Morgan fingerprint density at radius 3 is 1.37 bits per heavy atom. The number of nitrogens with zero attached hydrogens (tertiary/aromatic N) is 11. The molecule has 0 spiro atoms. The van der Waals surface area contributed by atoms with Gasteiger partial charge in [-0.25, -0.2) is 19.9 Å². The first-order valence-corrected chi connectivity index (χ1v) is 42.8. The second kappa shape index (κ2) is 50.2. The molecule has 1 saturated heterocycles. The minimum absolute atomic E-state index is 0. The van der Waals surface area contributed by atoms with Crippen LogP contribution in [0.3, 0.4) is 0 Å². The summed E-state index contributed by atoms with van der Waals surface area (Å²) in [4.78, 5) is 88.7. The molecule has 6 aromatic carbocycles. The van der Waals surface area contributed by atoms with Crippen molar-refractivity contribution in [2.75, 3.05) is 26.4 Å². The largest absolute Gasteiger partial charge is 1.00 e. The van der Waals surface area contributed by atoms with Crippen LogP contribution < -0.4 is 130 Å². The maximum Gasteiger partial charge on any atom is 1.00 e. The number of ether oxygens (including phenoxy) is 3. The molecule has 0 bridgehead atoms. The number of carbonyl (C=O) groups excluding carboxylic acids is 1. The molecule has 0 radical (unpaired) electrons. The van der Waals surface area contributed by atoms with E-state index < -0.39 is 30.1 Å². The first-order valence-electron chi connectivity index (χ1n) is 40.3. The molecular weight excluding hydrogens is 1910 g/mol. The second-order valence-corrected chi connectivity index (χ2v) is 34.3. The summed E-state index contributed by atoms with van der Waals surface area (Å²) in [5, 5.41) is 38.1. The molecule has 8 aromatic heterocycles. The number of aromatic nitrogens is 16. The van der Waals surface area contributed by atoms with Gasteiger partial charge in [-0.05, 0) is 173 Å². The van der Waals surface area contributed by atoms with Crippen molar-refractivity contribution in [1.29, 1.82) is 0 Å². The zero-order chi connectivity index (χ0) is 92.8. The minimum atomic E-state index is -4.34. The van der Waals surface area contributed by atoms with Crippen LogP contribution in [0.5, 0.6) is 0 Å². The Labute approximate surface area is 855 Å². The van der Waals surface area contributed by atoms with E-state index in [9.17, 15) is 37.5 Å². The summed E-state index contributed by atoms with van der Waals surface area (Å²) in [6, 6.07) is 50.8. The summed E-state index contributed by atoms with van der Waals surface area (Å²) in [6.07, 6.45) is -4.34. The van der Waals surface area contributed by atoms with E-state index in [-0.39, 0.29) is 164 Å². The molecule has 9 heterocycles. The van der Waals surface area contributed by atoms with Gasteiger partial charge in [0.15, 0.2) is 26.7 Å². The summed E-state index contributed by atoms with van der Waals surface area (Å²) in [7, 11) is -0.660. The smallest absolute Gasteiger partial charge is 1.00 e. The number of aryl methyl sites for hydroxylation is 6. The molecule has 6 N–H and O–H groups in total. The average molecular weight is 2010 g/mol. The minimum Gasteiger partial charge on any atom is -1.00 e. The number of fused-ring (bicyclic) bond motifs is 4. The van der Waals surface area contributed by atoms with Crippen LogP contribution in [0.4, 0.5) is 13.2 Å². The van der Waals surface area contributed by atoms with E-state index in [1.54, 1.807) is 41.7 Å². The van der Waals surface area contributed by atoms with Crippen molar-refractivity contribution in [3.8, 4) is 0 Å². The Hall–Kier alpha value is -8.04. The second-order valence-electron chi connectivity index (χ2n) is 31.2. The van der Waals surface area contributed by atoms with Crippen LogP contribution in [0, 0.1) is 41.5 Å². The zero-order valence-electron chi connectivity index (χ0n) is 76.0. The molecule has 1 aliphatic heterocycles. The summed E-state index contributed by atoms with van der Waals surface area (Å²) in [5.74, 6) is 2.24. The molecular formula is C91H103BBr3F3K2N16O13. The number of rotatable bonds is 23. The molecule has 1 aliphatic rings. The van der Waals surface area contributed by atoms with Crippen LogP contribution in [0.2, 0.25) is 0 Å². The molecule has 672 valence electrons. The van der Waals surface area contributed by atoms with Crippen molar-refractivity contribution in [3.05, 3.63) is 312 Å². The van der Waals surface area contributed by atoms with E-state index in [1.165, 1.54) is 28.8 Å². The van der Waals surface area contributed by atoms with Crippen LogP contribution in [0.15, 0.2) is 205 Å². The Balaban J connectivity index is 0.000000243. The van der Waals surface area contributed by atoms with Gasteiger partial charge in [0, 0.05) is 16.3 Å². The van der Waals surface area contributed by atoms with Gasteiger partial charge in [-0.3, -0.25) is 43.1 Å². The van der Waals surface area contributed by atoms with E-state index in [1.807, 2.05) is 165 Å². The molecule has 0 aliphatic carbocycles. The third-order valence-electron chi connectivity index (χ3n) is 20.2. The van der Waals surface area contributed by atoms with Gasteiger partial charge < -0.3 is 60.1 Å². The van der Waals surface area contributed by atoms with E-state index in [4.69, 9.17) is 38.7 Å². The molecule has 29 nitrogen and oxygen atoms in total. The Morgan fingerprint density at radius 2 is 0.930 bits per heavy atom. The van der Waals surface area contributed by atoms with E-state index in [0.717, 1.165) is 52.3 Å². The predicted octanol–water partition coefficient (Wildman–Crippen LogP) is 10.6. The van der Waals surface area contributed by atoms with Gasteiger partial charge in [0.25, 0.3) is 28.7 Å². The SMILES string of the molecule is C=C(B1OC(C)(C)C(C)(C)O1)c1ccc(C(F)(F)F)cc1.C=C(c1ccc(C)cc1)c1nn([C@H](C)COCc2ccccc2)c2c(=O)[nH]c(C)nc12.C[C@H](Br)COCc1ccccc1.Cc1ccc(C(C)c2nn([C@H](C)CO)c3c(=O)[nH]c(C)nc23)cc1.Cc1nc2c(Br)[nH]nc2c(=O)[nH]1.Cc1nc2c(Br)nn([C@H](C)COCc3ccccc3)c2c(=O)[nH]1.O=CO[O-].[H-].[K+].[K+]. The number of aliphatic hydroxyl groups is 1. The number of aromatic amines is 5. The monoisotopic (exact) mass is 2010 g/mol. The molecule has 0 amide bonds. The average Bonchev–Trinajstić information content (AvgIpc) is 1.58. The van der Waals surface area contributed by atoms with Gasteiger partial charge in [-0.2, -0.15) is 33.6 Å². The van der Waals surface area contributed by atoms with Crippen molar-refractivity contribution >= 4 is 117 Å². The third-order valence-corrected chi connectivity index (χ3v) is 21.6. The molecule has 1 fully saturated rings. The first kappa shape index (κ1) is 108. The fourth-order valence-corrected chi connectivity index (χ4v) is 13.8.